The smallest absolute Gasteiger partial charge is 0.251 e. The van der Waals surface area contributed by atoms with Crippen LogP contribution in [-0.4, -0.2) is 19.1 Å². The van der Waals surface area contributed by atoms with E-state index in [2.05, 4.69) is 24.4 Å². The van der Waals surface area contributed by atoms with Crippen molar-refractivity contribution in [1.82, 2.24) is 5.32 Å². The van der Waals surface area contributed by atoms with Crippen molar-refractivity contribution < 1.29 is 9.53 Å². The van der Waals surface area contributed by atoms with Crippen molar-refractivity contribution in [3.63, 3.8) is 0 Å². The average Bonchev–Trinajstić information content (AvgIpc) is 2.60. The molecule has 1 amide bonds. The number of amides is 1. The molecule has 0 saturated carbocycles. The summed E-state index contributed by atoms with van der Waals surface area (Å²) in [4.78, 5) is 13.6. The van der Waals surface area contributed by atoms with Crippen LogP contribution < -0.4 is 10.1 Å². The number of nitrogens with one attached hydrogen (secondary N) is 1. The van der Waals surface area contributed by atoms with Crippen LogP contribution in [-0.2, 0) is 5.75 Å². The van der Waals surface area contributed by atoms with E-state index in [1.807, 2.05) is 43.3 Å². The minimum Gasteiger partial charge on any atom is -0.496 e. The Morgan fingerprint density at radius 2 is 1.96 bits per heavy atom. The fourth-order valence-electron chi connectivity index (χ4n) is 2.52. The lowest BCUT2D eigenvalue weighted by molar-refractivity contribution is 0.0938. The Hall–Kier alpha value is -1.94. The molecular weight excluding hydrogens is 318 g/mol. The molecular formula is C20H25NO2S. The summed E-state index contributed by atoms with van der Waals surface area (Å²) in [6.45, 7) is 4.16. The second kappa shape index (κ2) is 9.38. The van der Waals surface area contributed by atoms with Crippen molar-refractivity contribution in [3.8, 4) is 5.75 Å². The molecule has 0 bridgehead atoms. The summed E-state index contributed by atoms with van der Waals surface area (Å²) < 4.78 is 5.44. The summed E-state index contributed by atoms with van der Waals surface area (Å²) in [6.07, 6.45) is 2.04. The number of thioether (sulfide) groups is 1. The van der Waals surface area contributed by atoms with Crippen LogP contribution in [0.1, 0.15) is 42.6 Å². The van der Waals surface area contributed by atoms with E-state index in [1.54, 1.807) is 18.9 Å². The lowest BCUT2D eigenvalue weighted by Crippen LogP contribution is -2.32. The van der Waals surface area contributed by atoms with Gasteiger partial charge in [0, 0.05) is 27.8 Å². The summed E-state index contributed by atoms with van der Waals surface area (Å²) >= 11 is 1.73. The van der Waals surface area contributed by atoms with Crippen LogP contribution in [0.15, 0.2) is 53.4 Å². The highest BCUT2D eigenvalue weighted by molar-refractivity contribution is 7.98. The maximum Gasteiger partial charge on any atom is 0.251 e. The molecule has 0 aliphatic heterocycles. The topological polar surface area (TPSA) is 38.3 Å². The van der Waals surface area contributed by atoms with Gasteiger partial charge in [0.1, 0.15) is 5.75 Å². The zero-order chi connectivity index (χ0) is 17.4. The Labute approximate surface area is 148 Å². The number of benzene rings is 2. The fraction of sp³-hybridized carbons (Fsp3) is 0.350. The van der Waals surface area contributed by atoms with Gasteiger partial charge in [0.25, 0.3) is 5.91 Å². The molecule has 0 radical (unpaired) electrons. The molecule has 0 saturated heterocycles. The molecule has 2 aromatic carbocycles. The summed E-state index contributed by atoms with van der Waals surface area (Å²) in [6, 6.07) is 16.0. The van der Waals surface area contributed by atoms with Crippen molar-refractivity contribution in [2.75, 3.05) is 7.11 Å². The first-order valence-electron chi connectivity index (χ1n) is 8.29. The van der Waals surface area contributed by atoms with Crippen LogP contribution in [0.25, 0.3) is 0 Å². The number of hydrogen-bond acceptors (Lipinski definition) is 3. The van der Waals surface area contributed by atoms with E-state index in [4.69, 9.17) is 4.74 Å². The lowest BCUT2D eigenvalue weighted by atomic mass is 10.1. The molecule has 24 heavy (non-hydrogen) atoms. The first kappa shape index (κ1) is 18.4. The molecule has 1 N–H and O–H groups in total. The summed E-state index contributed by atoms with van der Waals surface area (Å²) in [5, 5.41) is 3.05. The third kappa shape index (κ3) is 5.31. The van der Waals surface area contributed by atoms with Gasteiger partial charge in [-0.25, -0.2) is 0 Å². The molecule has 0 spiro atoms. The monoisotopic (exact) mass is 343 g/mol. The van der Waals surface area contributed by atoms with Crippen LogP contribution in [0.5, 0.6) is 5.75 Å². The van der Waals surface area contributed by atoms with Crippen LogP contribution >= 0.6 is 11.8 Å². The Balaban J connectivity index is 2.10. The zero-order valence-electron chi connectivity index (χ0n) is 14.5. The van der Waals surface area contributed by atoms with Crippen molar-refractivity contribution in [1.29, 1.82) is 0 Å². The van der Waals surface area contributed by atoms with Crippen molar-refractivity contribution in [2.45, 2.75) is 43.4 Å². The van der Waals surface area contributed by atoms with Crippen LogP contribution in [0.4, 0.5) is 0 Å². The molecule has 4 heteroatoms. The van der Waals surface area contributed by atoms with Gasteiger partial charge < -0.3 is 10.1 Å². The summed E-state index contributed by atoms with van der Waals surface area (Å²) in [5.41, 5.74) is 1.71. The molecule has 0 aliphatic rings. The molecule has 0 unspecified atom stereocenters. The molecule has 0 fully saturated rings. The van der Waals surface area contributed by atoms with Crippen molar-refractivity contribution in [3.05, 3.63) is 59.7 Å². The second-order valence-electron chi connectivity index (χ2n) is 5.79. The van der Waals surface area contributed by atoms with Gasteiger partial charge in [-0.15, -0.1) is 11.8 Å². The van der Waals surface area contributed by atoms with Gasteiger partial charge in [0.2, 0.25) is 0 Å². The summed E-state index contributed by atoms with van der Waals surface area (Å²) in [5.74, 6) is 1.56. The minimum absolute atomic E-state index is 0.0236. The third-order valence-corrected chi connectivity index (χ3v) is 4.84. The molecule has 2 rings (SSSR count). The van der Waals surface area contributed by atoms with Gasteiger partial charge in [0.05, 0.1) is 7.11 Å². The number of carbonyl (C=O) groups is 1. The fourth-order valence-corrected chi connectivity index (χ4v) is 3.42. The highest BCUT2D eigenvalue weighted by Crippen LogP contribution is 2.28. The van der Waals surface area contributed by atoms with Gasteiger partial charge in [-0.1, -0.05) is 31.5 Å². The normalized spacial score (nSPS) is 11.8. The maximum absolute atomic E-state index is 12.4. The van der Waals surface area contributed by atoms with E-state index in [0.29, 0.717) is 5.56 Å². The first-order chi connectivity index (χ1) is 11.6. The quantitative estimate of drug-likeness (QED) is 0.692. The van der Waals surface area contributed by atoms with Gasteiger partial charge in [-0.2, -0.15) is 0 Å². The Morgan fingerprint density at radius 1 is 1.21 bits per heavy atom. The van der Waals surface area contributed by atoms with E-state index >= 15 is 0 Å². The number of methoxy groups -OCH3 is 1. The van der Waals surface area contributed by atoms with E-state index in [-0.39, 0.29) is 11.9 Å². The van der Waals surface area contributed by atoms with E-state index in [0.717, 1.165) is 29.9 Å². The number of hydrogen-bond donors (Lipinski definition) is 1. The van der Waals surface area contributed by atoms with Crippen molar-refractivity contribution in [2.24, 2.45) is 0 Å². The highest BCUT2D eigenvalue weighted by Gasteiger charge is 2.12. The minimum atomic E-state index is -0.0236. The molecule has 3 nitrogen and oxygen atoms in total. The zero-order valence-corrected chi connectivity index (χ0v) is 15.4. The van der Waals surface area contributed by atoms with Gasteiger partial charge >= 0.3 is 0 Å². The van der Waals surface area contributed by atoms with Gasteiger partial charge in [-0.05, 0) is 43.7 Å². The largest absolute Gasteiger partial charge is 0.496 e. The third-order valence-electron chi connectivity index (χ3n) is 3.78. The number of carbonyl (C=O) groups excluding carboxylic acids is 1. The first-order valence-corrected chi connectivity index (χ1v) is 9.28. The number of ether oxygens (including phenoxy) is 1. The molecule has 0 aromatic heterocycles. The van der Waals surface area contributed by atoms with E-state index in [9.17, 15) is 4.79 Å². The van der Waals surface area contributed by atoms with E-state index < -0.39 is 0 Å². The standard InChI is InChI=1S/C20H25NO2S/c1-4-8-15(2)21-20(22)16-11-12-19(23-3)17(13-16)14-24-18-9-6-5-7-10-18/h5-7,9-13,15H,4,8,14H2,1-3H3,(H,21,22)/t15-/m0/s1. The second-order valence-corrected chi connectivity index (χ2v) is 6.84. The molecule has 1 atom stereocenters. The highest BCUT2D eigenvalue weighted by atomic mass is 32.2. The van der Waals surface area contributed by atoms with Crippen LogP contribution in [0.3, 0.4) is 0 Å². The van der Waals surface area contributed by atoms with Crippen LogP contribution in [0.2, 0.25) is 0 Å². The molecule has 128 valence electrons. The SMILES string of the molecule is CCC[C@H](C)NC(=O)c1ccc(OC)c(CSc2ccccc2)c1. The molecule has 0 aliphatic carbocycles. The Kier molecular flexibility index (Phi) is 7.19. The van der Waals surface area contributed by atoms with Crippen molar-refractivity contribution >= 4 is 17.7 Å². The molecule has 0 heterocycles. The maximum atomic E-state index is 12.4. The molecule has 2 aromatic rings. The Bertz CT molecular complexity index is 658. The van der Waals surface area contributed by atoms with Gasteiger partial charge in [-0.3, -0.25) is 4.79 Å². The average molecular weight is 343 g/mol. The van der Waals surface area contributed by atoms with Gasteiger partial charge in [0.15, 0.2) is 0 Å². The van der Waals surface area contributed by atoms with E-state index in [1.165, 1.54) is 4.90 Å². The van der Waals surface area contributed by atoms with Crippen LogP contribution in [0, 0.1) is 0 Å². The Morgan fingerprint density at radius 3 is 2.62 bits per heavy atom. The predicted molar refractivity (Wildman–Crippen MR) is 101 cm³/mol. The number of rotatable bonds is 8. The summed E-state index contributed by atoms with van der Waals surface area (Å²) in [7, 11) is 1.66. The lowest BCUT2D eigenvalue weighted by Gasteiger charge is -2.14. The predicted octanol–water partition coefficient (Wildman–Crippen LogP) is 4.91.